The molecule has 1 aliphatic heterocycles. The van der Waals surface area contributed by atoms with Crippen LogP contribution >= 0.6 is 0 Å². The second-order valence-corrected chi connectivity index (χ2v) is 4.95. The van der Waals surface area contributed by atoms with Crippen molar-refractivity contribution in [3.05, 3.63) is 48.3 Å². The minimum Gasteiger partial charge on any atom is -0.488 e. The van der Waals surface area contributed by atoms with E-state index in [2.05, 4.69) is 10.3 Å². The van der Waals surface area contributed by atoms with Gasteiger partial charge in [0.05, 0.1) is 17.8 Å². The lowest BCUT2D eigenvalue weighted by Crippen LogP contribution is -2.17. The molecule has 0 saturated heterocycles. The van der Waals surface area contributed by atoms with Gasteiger partial charge in [0.2, 0.25) is 5.91 Å². The molecule has 0 spiro atoms. The van der Waals surface area contributed by atoms with Crippen molar-refractivity contribution >= 4 is 11.6 Å². The van der Waals surface area contributed by atoms with Crippen molar-refractivity contribution in [2.75, 3.05) is 5.32 Å². The fourth-order valence-electron chi connectivity index (χ4n) is 2.15. The van der Waals surface area contributed by atoms with Gasteiger partial charge in [0.25, 0.3) is 0 Å². The summed E-state index contributed by atoms with van der Waals surface area (Å²) < 4.78 is 11.4. The molecular formula is C16H16N2O3. The number of benzene rings is 1. The standard InChI is InChI=1S/C16H16N2O3/c1-11-8-16(19)18-14-6-5-13(9-15(14)21-11)20-10-12-4-2-3-7-17-12/h2-7,9,11H,8,10H2,1H3,(H,18,19)/t11-/m1/s1. The van der Waals surface area contributed by atoms with Crippen molar-refractivity contribution in [3.63, 3.8) is 0 Å². The van der Waals surface area contributed by atoms with Crippen LogP contribution in [0.3, 0.4) is 0 Å². The van der Waals surface area contributed by atoms with Gasteiger partial charge in [0, 0.05) is 12.3 Å². The fraction of sp³-hybridized carbons (Fsp3) is 0.250. The molecule has 1 amide bonds. The molecule has 0 saturated carbocycles. The molecule has 5 nitrogen and oxygen atoms in total. The van der Waals surface area contributed by atoms with Gasteiger partial charge in [0.15, 0.2) is 0 Å². The number of amides is 1. The number of pyridine rings is 1. The summed E-state index contributed by atoms with van der Waals surface area (Å²) in [5.41, 5.74) is 1.53. The quantitative estimate of drug-likeness (QED) is 0.941. The van der Waals surface area contributed by atoms with E-state index in [0.29, 0.717) is 30.2 Å². The average molecular weight is 284 g/mol. The molecule has 0 fully saturated rings. The minimum absolute atomic E-state index is 0.0385. The van der Waals surface area contributed by atoms with Crippen LogP contribution in [0.1, 0.15) is 19.0 Å². The van der Waals surface area contributed by atoms with Crippen LogP contribution in [0, 0.1) is 0 Å². The van der Waals surface area contributed by atoms with Crippen molar-refractivity contribution in [3.8, 4) is 11.5 Å². The molecule has 2 aromatic rings. The van der Waals surface area contributed by atoms with E-state index in [1.165, 1.54) is 0 Å². The first-order chi connectivity index (χ1) is 10.2. The van der Waals surface area contributed by atoms with E-state index in [4.69, 9.17) is 9.47 Å². The Hall–Kier alpha value is -2.56. The molecule has 2 heterocycles. The maximum atomic E-state index is 11.6. The maximum Gasteiger partial charge on any atom is 0.228 e. The van der Waals surface area contributed by atoms with Gasteiger partial charge in [-0.15, -0.1) is 0 Å². The number of carbonyl (C=O) groups is 1. The van der Waals surface area contributed by atoms with Crippen molar-refractivity contribution in [2.24, 2.45) is 0 Å². The van der Waals surface area contributed by atoms with Gasteiger partial charge in [-0.3, -0.25) is 9.78 Å². The van der Waals surface area contributed by atoms with Crippen LogP contribution < -0.4 is 14.8 Å². The second kappa shape index (κ2) is 5.83. The van der Waals surface area contributed by atoms with Gasteiger partial charge >= 0.3 is 0 Å². The van der Waals surface area contributed by atoms with Gasteiger partial charge in [-0.1, -0.05) is 6.07 Å². The monoisotopic (exact) mass is 284 g/mol. The van der Waals surface area contributed by atoms with Gasteiger partial charge < -0.3 is 14.8 Å². The molecule has 5 heteroatoms. The molecule has 0 unspecified atom stereocenters. The summed E-state index contributed by atoms with van der Waals surface area (Å²) in [4.78, 5) is 15.8. The Kier molecular flexibility index (Phi) is 3.73. The first-order valence-corrected chi connectivity index (χ1v) is 6.84. The van der Waals surface area contributed by atoms with Gasteiger partial charge in [-0.2, -0.15) is 0 Å². The zero-order chi connectivity index (χ0) is 14.7. The molecule has 1 aromatic carbocycles. The number of anilines is 1. The number of rotatable bonds is 3. The summed E-state index contributed by atoms with van der Waals surface area (Å²) in [6.45, 7) is 2.26. The molecule has 108 valence electrons. The molecule has 1 aliphatic rings. The molecule has 1 N–H and O–H groups in total. The highest BCUT2D eigenvalue weighted by atomic mass is 16.5. The Bertz CT molecular complexity index is 643. The van der Waals surface area contributed by atoms with Crippen LogP contribution in [0.15, 0.2) is 42.6 Å². The molecule has 0 bridgehead atoms. The predicted molar refractivity (Wildman–Crippen MR) is 78.3 cm³/mol. The molecule has 1 aromatic heterocycles. The maximum absolute atomic E-state index is 11.6. The van der Waals surface area contributed by atoms with E-state index in [-0.39, 0.29) is 12.0 Å². The largest absolute Gasteiger partial charge is 0.488 e. The number of fused-ring (bicyclic) bond motifs is 1. The fourth-order valence-corrected chi connectivity index (χ4v) is 2.15. The third-order valence-corrected chi connectivity index (χ3v) is 3.14. The number of carbonyl (C=O) groups excluding carboxylic acids is 1. The predicted octanol–water partition coefficient (Wildman–Crippen LogP) is 2.77. The number of ether oxygens (including phenoxy) is 2. The van der Waals surface area contributed by atoms with E-state index >= 15 is 0 Å². The van der Waals surface area contributed by atoms with Crippen molar-refractivity contribution in [1.29, 1.82) is 0 Å². The molecule has 1 atom stereocenters. The first kappa shape index (κ1) is 13.4. The highest BCUT2D eigenvalue weighted by molar-refractivity contribution is 5.93. The molecule has 21 heavy (non-hydrogen) atoms. The third kappa shape index (κ3) is 3.31. The Balaban J connectivity index is 1.75. The van der Waals surface area contributed by atoms with Gasteiger partial charge in [0.1, 0.15) is 24.2 Å². The molecular weight excluding hydrogens is 268 g/mol. The number of nitrogens with zero attached hydrogens (tertiary/aromatic N) is 1. The second-order valence-electron chi connectivity index (χ2n) is 4.95. The van der Waals surface area contributed by atoms with E-state index in [1.807, 2.05) is 25.1 Å². The van der Waals surface area contributed by atoms with Crippen LogP contribution in [0.4, 0.5) is 5.69 Å². The highest BCUT2D eigenvalue weighted by Crippen LogP contribution is 2.32. The number of nitrogens with one attached hydrogen (secondary N) is 1. The Morgan fingerprint density at radius 3 is 3.10 bits per heavy atom. The molecule has 3 rings (SSSR count). The molecule has 0 aliphatic carbocycles. The summed E-state index contributed by atoms with van der Waals surface area (Å²) >= 11 is 0. The first-order valence-electron chi connectivity index (χ1n) is 6.84. The van der Waals surface area contributed by atoms with E-state index in [0.717, 1.165) is 5.69 Å². The van der Waals surface area contributed by atoms with E-state index < -0.39 is 0 Å². The lowest BCUT2D eigenvalue weighted by atomic mass is 10.2. The number of hydrogen-bond donors (Lipinski definition) is 1. The Morgan fingerprint density at radius 1 is 1.38 bits per heavy atom. The van der Waals surface area contributed by atoms with Crippen molar-refractivity contribution < 1.29 is 14.3 Å². The Labute approximate surface area is 122 Å². The SMILES string of the molecule is C[C@@H]1CC(=O)Nc2ccc(OCc3ccccn3)cc2O1. The lowest BCUT2D eigenvalue weighted by Gasteiger charge is -2.13. The summed E-state index contributed by atoms with van der Waals surface area (Å²) in [7, 11) is 0. The van der Waals surface area contributed by atoms with Crippen LogP contribution in [0.25, 0.3) is 0 Å². The van der Waals surface area contributed by atoms with E-state index in [9.17, 15) is 4.79 Å². The van der Waals surface area contributed by atoms with Crippen LogP contribution in [0.2, 0.25) is 0 Å². The molecule has 0 radical (unpaired) electrons. The summed E-state index contributed by atoms with van der Waals surface area (Å²) in [6, 6.07) is 11.1. The van der Waals surface area contributed by atoms with Gasteiger partial charge in [-0.25, -0.2) is 0 Å². The van der Waals surface area contributed by atoms with Crippen LogP contribution in [-0.2, 0) is 11.4 Å². The number of hydrogen-bond acceptors (Lipinski definition) is 4. The summed E-state index contributed by atoms with van der Waals surface area (Å²) in [6.07, 6.45) is 1.92. The van der Waals surface area contributed by atoms with E-state index in [1.54, 1.807) is 24.4 Å². The zero-order valence-corrected chi connectivity index (χ0v) is 11.7. The summed E-state index contributed by atoms with van der Waals surface area (Å²) in [5.74, 6) is 1.28. The minimum atomic E-state index is -0.155. The summed E-state index contributed by atoms with van der Waals surface area (Å²) in [5, 5.41) is 2.82. The van der Waals surface area contributed by atoms with Crippen LogP contribution in [0.5, 0.6) is 11.5 Å². The average Bonchev–Trinajstić information content (AvgIpc) is 2.62. The smallest absolute Gasteiger partial charge is 0.228 e. The third-order valence-electron chi connectivity index (χ3n) is 3.14. The highest BCUT2D eigenvalue weighted by Gasteiger charge is 2.19. The topological polar surface area (TPSA) is 60.5 Å². The van der Waals surface area contributed by atoms with Crippen molar-refractivity contribution in [2.45, 2.75) is 26.1 Å². The van der Waals surface area contributed by atoms with Crippen molar-refractivity contribution in [1.82, 2.24) is 4.98 Å². The van der Waals surface area contributed by atoms with Crippen LogP contribution in [-0.4, -0.2) is 17.0 Å². The number of aromatic nitrogens is 1. The normalized spacial score (nSPS) is 17.2. The Morgan fingerprint density at radius 2 is 2.29 bits per heavy atom. The lowest BCUT2D eigenvalue weighted by molar-refractivity contribution is -0.117. The van der Waals surface area contributed by atoms with Gasteiger partial charge in [-0.05, 0) is 31.2 Å². The zero-order valence-electron chi connectivity index (χ0n) is 11.7.